The van der Waals surface area contributed by atoms with Crippen molar-refractivity contribution in [3.05, 3.63) is 0 Å². The third-order valence-electron chi connectivity index (χ3n) is 4.69. The monoisotopic (exact) mass is 256 g/mol. The van der Waals surface area contributed by atoms with Gasteiger partial charge in [0.2, 0.25) is 0 Å². The molecule has 0 aromatic heterocycles. The van der Waals surface area contributed by atoms with Gasteiger partial charge >= 0.3 is 0 Å². The number of nitrogens with one attached hydrogen (secondary N) is 1. The Morgan fingerprint density at radius 1 is 1.39 bits per heavy atom. The highest BCUT2D eigenvalue weighted by atomic mass is 16.3. The molecule has 1 rings (SSSR count). The molecule has 1 aliphatic carbocycles. The molecule has 3 heteroatoms. The van der Waals surface area contributed by atoms with Gasteiger partial charge in [-0.25, -0.2) is 0 Å². The van der Waals surface area contributed by atoms with Crippen molar-refractivity contribution < 1.29 is 5.11 Å². The number of rotatable bonds is 7. The van der Waals surface area contributed by atoms with E-state index in [0.29, 0.717) is 5.41 Å². The smallest absolute Gasteiger partial charge is 0.0584 e. The van der Waals surface area contributed by atoms with Crippen molar-refractivity contribution in [2.45, 2.75) is 52.5 Å². The fourth-order valence-corrected chi connectivity index (χ4v) is 2.98. The maximum atomic E-state index is 9.28. The molecule has 2 N–H and O–H groups in total. The Morgan fingerprint density at radius 3 is 2.50 bits per heavy atom. The van der Waals surface area contributed by atoms with E-state index < -0.39 is 0 Å². The summed E-state index contributed by atoms with van der Waals surface area (Å²) in [5.74, 6) is 0.889. The summed E-state index contributed by atoms with van der Waals surface area (Å²) in [7, 11) is 2.15. The lowest BCUT2D eigenvalue weighted by molar-refractivity contribution is 0.0650. The van der Waals surface area contributed by atoms with Gasteiger partial charge in [-0.1, -0.05) is 26.7 Å². The molecule has 0 aromatic carbocycles. The first-order valence-electron chi connectivity index (χ1n) is 7.55. The van der Waals surface area contributed by atoms with Crippen LogP contribution in [0.4, 0.5) is 0 Å². The summed E-state index contributed by atoms with van der Waals surface area (Å²) in [5.41, 5.74) is 0.417. The summed E-state index contributed by atoms with van der Waals surface area (Å²) in [5, 5.41) is 12.8. The van der Waals surface area contributed by atoms with E-state index in [1.54, 1.807) is 0 Å². The lowest BCUT2D eigenvalue weighted by Crippen LogP contribution is -2.48. The molecule has 0 amide bonds. The van der Waals surface area contributed by atoms with Gasteiger partial charge in [-0.3, -0.25) is 0 Å². The summed E-state index contributed by atoms with van der Waals surface area (Å²) in [6.07, 6.45) is 5.35. The van der Waals surface area contributed by atoms with Crippen LogP contribution in [0.25, 0.3) is 0 Å². The van der Waals surface area contributed by atoms with E-state index in [1.807, 2.05) is 0 Å². The fourth-order valence-electron chi connectivity index (χ4n) is 2.98. The zero-order valence-electron chi connectivity index (χ0n) is 12.7. The van der Waals surface area contributed by atoms with Crippen LogP contribution in [-0.4, -0.2) is 49.3 Å². The van der Waals surface area contributed by atoms with E-state index in [0.717, 1.165) is 25.6 Å². The van der Waals surface area contributed by atoms with Gasteiger partial charge in [0, 0.05) is 19.1 Å². The topological polar surface area (TPSA) is 35.5 Å². The summed E-state index contributed by atoms with van der Waals surface area (Å²) in [6.45, 7) is 10.2. The molecule has 0 radical (unpaired) electrons. The second kappa shape index (κ2) is 7.46. The van der Waals surface area contributed by atoms with Crippen molar-refractivity contribution in [2.75, 3.05) is 33.3 Å². The standard InChI is InChI=1S/C15H32N2O/c1-5-16-11-15(8-6-13(2)7-9-15)12-17(4)14(3)10-18/h13-14,16,18H,5-12H2,1-4H3. The van der Waals surface area contributed by atoms with Crippen molar-refractivity contribution in [1.82, 2.24) is 10.2 Å². The second-order valence-corrected chi connectivity index (χ2v) is 6.41. The number of aliphatic hydroxyl groups is 1. The highest BCUT2D eigenvalue weighted by Crippen LogP contribution is 2.39. The van der Waals surface area contributed by atoms with Crippen molar-refractivity contribution in [1.29, 1.82) is 0 Å². The molecular weight excluding hydrogens is 224 g/mol. The van der Waals surface area contributed by atoms with Crippen LogP contribution in [0.2, 0.25) is 0 Å². The first-order valence-corrected chi connectivity index (χ1v) is 7.55. The number of likely N-dealkylation sites (N-methyl/N-ethyl adjacent to an activating group) is 1. The van der Waals surface area contributed by atoms with Gasteiger partial charge in [-0.15, -0.1) is 0 Å². The number of aliphatic hydroxyl groups excluding tert-OH is 1. The molecule has 1 saturated carbocycles. The summed E-state index contributed by atoms with van der Waals surface area (Å²) < 4.78 is 0. The minimum absolute atomic E-state index is 0.254. The van der Waals surface area contributed by atoms with Crippen LogP contribution >= 0.6 is 0 Å². The van der Waals surface area contributed by atoms with Crippen molar-refractivity contribution in [3.8, 4) is 0 Å². The second-order valence-electron chi connectivity index (χ2n) is 6.41. The molecule has 1 atom stereocenters. The van der Waals surface area contributed by atoms with E-state index in [-0.39, 0.29) is 12.6 Å². The summed E-state index contributed by atoms with van der Waals surface area (Å²) in [6, 6.07) is 0.267. The SMILES string of the molecule is CCNCC1(CN(C)C(C)CO)CCC(C)CC1. The van der Waals surface area contributed by atoms with Crippen LogP contribution in [0.5, 0.6) is 0 Å². The number of hydrogen-bond donors (Lipinski definition) is 2. The van der Waals surface area contributed by atoms with Gasteiger partial charge in [-0.2, -0.15) is 0 Å². The minimum Gasteiger partial charge on any atom is -0.395 e. The first kappa shape index (κ1) is 15.9. The van der Waals surface area contributed by atoms with Crippen molar-refractivity contribution in [3.63, 3.8) is 0 Å². The van der Waals surface area contributed by atoms with Crippen LogP contribution < -0.4 is 5.32 Å². The summed E-state index contributed by atoms with van der Waals surface area (Å²) >= 11 is 0. The predicted molar refractivity (Wildman–Crippen MR) is 77.8 cm³/mol. The van der Waals surface area contributed by atoms with E-state index in [9.17, 15) is 5.11 Å². The number of hydrogen-bond acceptors (Lipinski definition) is 3. The van der Waals surface area contributed by atoms with Crippen LogP contribution in [0.3, 0.4) is 0 Å². The Balaban J connectivity index is 2.60. The fraction of sp³-hybridized carbons (Fsp3) is 1.00. The van der Waals surface area contributed by atoms with E-state index >= 15 is 0 Å². The van der Waals surface area contributed by atoms with E-state index in [2.05, 4.69) is 38.0 Å². The molecule has 1 unspecified atom stereocenters. The zero-order valence-corrected chi connectivity index (χ0v) is 12.7. The Hall–Kier alpha value is -0.120. The lowest BCUT2D eigenvalue weighted by Gasteiger charge is -2.43. The minimum atomic E-state index is 0.254. The molecule has 0 saturated heterocycles. The van der Waals surface area contributed by atoms with Gasteiger partial charge in [0.05, 0.1) is 6.61 Å². The van der Waals surface area contributed by atoms with Crippen molar-refractivity contribution in [2.24, 2.45) is 11.3 Å². The van der Waals surface area contributed by atoms with Gasteiger partial charge in [-0.05, 0) is 44.7 Å². The molecular formula is C15H32N2O. The molecule has 18 heavy (non-hydrogen) atoms. The van der Waals surface area contributed by atoms with Crippen molar-refractivity contribution >= 4 is 0 Å². The molecule has 3 nitrogen and oxygen atoms in total. The maximum absolute atomic E-state index is 9.28. The van der Waals surface area contributed by atoms with E-state index in [4.69, 9.17) is 0 Å². The van der Waals surface area contributed by atoms with Gasteiger partial charge in [0.25, 0.3) is 0 Å². The zero-order chi connectivity index (χ0) is 13.6. The molecule has 0 spiro atoms. The summed E-state index contributed by atoms with van der Waals surface area (Å²) in [4.78, 5) is 2.33. The highest BCUT2D eigenvalue weighted by Gasteiger charge is 2.35. The normalized spacial score (nSPS) is 30.7. The average molecular weight is 256 g/mol. The predicted octanol–water partition coefficient (Wildman–Crippen LogP) is 2.10. The highest BCUT2D eigenvalue weighted by molar-refractivity contribution is 4.89. The Bertz CT molecular complexity index is 219. The first-order chi connectivity index (χ1) is 8.53. The average Bonchev–Trinajstić information content (AvgIpc) is 2.38. The molecule has 108 valence electrons. The third kappa shape index (κ3) is 4.52. The van der Waals surface area contributed by atoms with Gasteiger partial charge in [0.1, 0.15) is 0 Å². The van der Waals surface area contributed by atoms with Crippen LogP contribution in [0, 0.1) is 11.3 Å². The number of nitrogens with zero attached hydrogens (tertiary/aromatic N) is 1. The molecule has 0 aromatic rings. The maximum Gasteiger partial charge on any atom is 0.0584 e. The van der Waals surface area contributed by atoms with Crippen LogP contribution in [-0.2, 0) is 0 Å². The third-order valence-corrected chi connectivity index (χ3v) is 4.69. The van der Waals surface area contributed by atoms with E-state index in [1.165, 1.54) is 25.7 Å². The Kier molecular flexibility index (Phi) is 6.61. The van der Waals surface area contributed by atoms with Crippen LogP contribution in [0.1, 0.15) is 46.5 Å². The van der Waals surface area contributed by atoms with Gasteiger partial charge in [0.15, 0.2) is 0 Å². The molecule has 0 heterocycles. The Labute approximate surface area is 113 Å². The Morgan fingerprint density at radius 2 is 2.00 bits per heavy atom. The molecule has 0 bridgehead atoms. The quantitative estimate of drug-likeness (QED) is 0.732. The molecule has 0 aliphatic heterocycles. The molecule has 1 fully saturated rings. The van der Waals surface area contributed by atoms with Gasteiger partial charge < -0.3 is 15.3 Å². The largest absolute Gasteiger partial charge is 0.395 e. The van der Waals surface area contributed by atoms with Crippen LogP contribution in [0.15, 0.2) is 0 Å². The molecule has 1 aliphatic rings. The lowest BCUT2D eigenvalue weighted by atomic mass is 9.70.